The average Bonchev–Trinajstić information content (AvgIpc) is 3.37. The van der Waals surface area contributed by atoms with Crippen LogP contribution in [0.15, 0.2) is 27.4 Å². The van der Waals surface area contributed by atoms with Crippen molar-refractivity contribution in [3.63, 3.8) is 0 Å². The molecule has 0 aromatic carbocycles. The minimum Gasteiger partial charge on any atom is -0.346 e. The van der Waals surface area contributed by atoms with E-state index in [0.717, 1.165) is 67.2 Å². The van der Waals surface area contributed by atoms with Crippen molar-refractivity contribution in [1.29, 1.82) is 0 Å². The van der Waals surface area contributed by atoms with Crippen LogP contribution in [-0.4, -0.2) is 52.7 Å². The Hall–Kier alpha value is -1.77. The van der Waals surface area contributed by atoms with Crippen LogP contribution in [0.25, 0.3) is 10.7 Å². The van der Waals surface area contributed by atoms with E-state index in [2.05, 4.69) is 37.2 Å². The van der Waals surface area contributed by atoms with Gasteiger partial charge in [0, 0.05) is 38.0 Å². The Morgan fingerprint density at radius 3 is 2.76 bits per heavy atom. The molecule has 0 spiro atoms. The number of rotatable bonds is 6. The molecule has 0 N–H and O–H groups in total. The predicted molar refractivity (Wildman–Crippen MR) is 101 cm³/mol. The molecule has 6 nitrogen and oxygen atoms in total. The first-order chi connectivity index (χ1) is 12.3. The van der Waals surface area contributed by atoms with Gasteiger partial charge in [0.25, 0.3) is 0 Å². The first kappa shape index (κ1) is 16.7. The molecule has 25 heavy (non-hydrogen) atoms. The quantitative estimate of drug-likeness (QED) is 0.659. The topological polar surface area (TPSA) is 58.3 Å². The second kappa shape index (κ2) is 7.63. The van der Waals surface area contributed by atoms with Gasteiger partial charge in [0.1, 0.15) is 0 Å². The molecule has 1 fully saturated rings. The van der Waals surface area contributed by atoms with Crippen molar-refractivity contribution < 1.29 is 4.52 Å². The smallest absolute Gasteiger partial charge is 0.227 e. The maximum Gasteiger partial charge on any atom is 0.227 e. The number of aromatic nitrogens is 3. The van der Waals surface area contributed by atoms with Crippen LogP contribution in [0.5, 0.6) is 0 Å². The van der Waals surface area contributed by atoms with Crippen LogP contribution in [0.2, 0.25) is 0 Å². The maximum absolute atomic E-state index is 5.37. The molecule has 4 rings (SSSR count). The molecule has 8 heteroatoms. The molecule has 0 amide bonds. The van der Waals surface area contributed by atoms with Crippen LogP contribution >= 0.6 is 22.7 Å². The maximum atomic E-state index is 5.37. The van der Waals surface area contributed by atoms with Gasteiger partial charge >= 0.3 is 0 Å². The first-order valence-corrected chi connectivity index (χ1v) is 10.3. The summed E-state index contributed by atoms with van der Waals surface area (Å²) >= 11 is 3.38. The number of thiazole rings is 1. The SMILES string of the molecule is Cc1csc(N2CCN(CCCc3nc(-c4cccs4)no3)CC2)n1. The molecule has 0 atom stereocenters. The van der Waals surface area contributed by atoms with Crippen molar-refractivity contribution in [3.05, 3.63) is 34.5 Å². The van der Waals surface area contributed by atoms with Crippen LogP contribution in [0, 0.1) is 6.92 Å². The summed E-state index contributed by atoms with van der Waals surface area (Å²) in [5.41, 5.74) is 1.11. The minimum atomic E-state index is 0.706. The van der Waals surface area contributed by atoms with Gasteiger partial charge in [-0.3, -0.25) is 4.90 Å². The number of aryl methyl sites for hydroxylation is 2. The number of thiophene rings is 1. The second-order valence-corrected chi connectivity index (χ2v) is 7.98. The van der Waals surface area contributed by atoms with Gasteiger partial charge < -0.3 is 9.42 Å². The van der Waals surface area contributed by atoms with Crippen LogP contribution in [-0.2, 0) is 6.42 Å². The summed E-state index contributed by atoms with van der Waals surface area (Å²) in [6, 6.07) is 4.02. The molecule has 3 aromatic heterocycles. The van der Waals surface area contributed by atoms with E-state index in [-0.39, 0.29) is 0 Å². The minimum absolute atomic E-state index is 0.706. The van der Waals surface area contributed by atoms with E-state index in [0.29, 0.717) is 5.82 Å². The van der Waals surface area contributed by atoms with Crippen LogP contribution < -0.4 is 4.90 Å². The van der Waals surface area contributed by atoms with Gasteiger partial charge in [0.2, 0.25) is 11.7 Å². The van der Waals surface area contributed by atoms with E-state index in [4.69, 9.17) is 4.52 Å². The fourth-order valence-electron chi connectivity index (χ4n) is 2.97. The van der Waals surface area contributed by atoms with E-state index >= 15 is 0 Å². The van der Waals surface area contributed by atoms with Crippen molar-refractivity contribution in [2.24, 2.45) is 0 Å². The molecule has 0 radical (unpaired) electrons. The molecule has 0 aliphatic carbocycles. The number of nitrogens with zero attached hydrogens (tertiary/aromatic N) is 5. The highest BCUT2D eigenvalue weighted by Crippen LogP contribution is 2.22. The van der Waals surface area contributed by atoms with Gasteiger partial charge in [-0.05, 0) is 31.3 Å². The summed E-state index contributed by atoms with van der Waals surface area (Å²) < 4.78 is 5.37. The van der Waals surface area contributed by atoms with Crippen LogP contribution in [0.1, 0.15) is 18.0 Å². The number of hydrogen-bond donors (Lipinski definition) is 0. The molecule has 0 saturated carbocycles. The van der Waals surface area contributed by atoms with Gasteiger partial charge in [-0.1, -0.05) is 11.2 Å². The first-order valence-electron chi connectivity index (χ1n) is 8.54. The molecule has 4 heterocycles. The zero-order valence-electron chi connectivity index (χ0n) is 14.2. The fraction of sp³-hybridized carbons (Fsp3) is 0.471. The summed E-state index contributed by atoms with van der Waals surface area (Å²) in [7, 11) is 0. The molecule has 1 saturated heterocycles. The van der Waals surface area contributed by atoms with Gasteiger partial charge in [0.05, 0.1) is 10.6 Å². The van der Waals surface area contributed by atoms with E-state index < -0.39 is 0 Å². The molecular weight excluding hydrogens is 354 g/mol. The second-order valence-electron chi connectivity index (χ2n) is 6.19. The standard InChI is InChI=1S/C17H21N5OS2/c1-13-12-25-17(18-13)22-9-7-21(8-10-22)6-2-5-15-19-16(20-23-15)14-4-3-11-24-14/h3-4,11-12H,2,5-10H2,1H3. The molecule has 1 aliphatic rings. The summed E-state index contributed by atoms with van der Waals surface area (Å²) in [6.45, 7) is 7.40. The predicted octanol–water partition coefficient (Wildman–Crippen LogP) is 3.32. The monoisotopic (exact) mass is 375 g/mol. The molecule has 0 bridgehead atoms. The zero-order chi connectivity index (χ0) is 17.1. The lowest BCUT2D eigenvalue weighted by Gasteiger charge is -2.34. The molecular formula is C17H21N5OS2. The highest BCUT2D eigenvalue weighted by atomic mass is 32.1. The lowest BCUT2D eigenvalue weighted by molar-refractivity contribution is 0.250. The molecule has 0 unspecified atom stereocenters. The summed E-state index contributed by atoms with van der Waals surface area (Å²) in [5.74, 6) is 1.44. The highest BCUT2D eigenvalue weighted by molar-refractivity contribution is 7.13. The van der Waals surface area contributed by atoms with Crippen molar-refractivity contribution in [3.8, 4) is 10.7 Å². The Kier molecular flexibility index (Phi) is 5.09. The van der Waals surface area contributed by atoms with Crippen LogP contribution in [0.4, 0.5) is 5.13 Å². The number of anilines is 1. The summed E-state index contributed by atoms with van der Waals surface area (Å²) in [4.78, 5) is 15.0. The Morgan fingerprint density at radius 2 is 2.04 bits per heavy atom. The Morgan fingerprint density at radius 1 is 1.16 bits per heavy atom. The van der Waals surface area contributed by atoms with E-state index in [1.807, 2.05) is 17.5 Å². The fourth-order valence-corrected chi connectivity index (χ4v) is 4.47. The van der Waals surface area contributed by atoms with Gasteiger partial charge in [-0.2, -0.15) is 4.98 Å². The van der Waals surface area contributed by atoms with E-state index in [1.165, 1.54) is 0 Å². The Bertz CT molecular complexity index is 790. The molecule has 132 valence electrons. The molecule has 3 aromatic rings. The van der Waals surface area contributed by atoms with Crippen molar-refractivity contribution in [2.75, 3.05) is 37.6 Å². The summed E-state index contributed by atoms with van der Waals surface area (Å²) in [5, 5.41) is 9.37. The lowest BCUT2D eigenvalue weighted by Crippen LogP contribution is -2.46. The Labute approximate surface area is 155 Å². The third kappa shape index (κ3) is 4.08. The highest BCUT2D eigenvalue weighted by Gasteiger charge is 2.19. The van der Waals surface area contributed by atoms with E-state index in [1.54, 1.807) is 22.7 Å². The third-order valence-corrected chi connectivity index (χ3v) is 6.21. The van der Waals surface area contributed by atoms with E-state index in [9.17, 15) is 0 Å². The van der Waals surface area contributed by atoms with Crippen molar-refractivity contribution >= 4 is 27.8 Å². The van der Waals surface area contributed by atoms with Crippen molar-refractivity contribution in [1.82, 2.24) is 20.0 Å². The number of piperazine rings is 1. The average molecular weight is 376 g/mol. The molecule has 1 aliphatic heterocycles. The Balaban J connectivity index is 1.21. The largest absolute Gasteiger partial charge is 0.346 e. The lowest BCUT2D eigenvalue weighted by atomic mass is 10.2. The summed E-state index contributed by atoms with van der Waals surface area (Å²) in [6.07, 6.45) is 1.88. The zero-order valence-corrected chi connectivity index (χ0v) is 15.9. The van der Waals surface area contributed by atoms with Crippen molar-refractivity contribution in [2.45, 2.75) is 19.8 Å². The van der Waals surface area contributed by atoms with Gasteiger partial charge in [0.15, 0.2) is 5.13 Å². The van der Waals surface area contributed by atoms with Crippen LogP contribution in [0.3, 0.4) is 0 Å². The van der Waals surface area contributed by atoms with Gasteiger partial charge in [-0.15, -0.1) is 22.7 Å². The third-order valence-electron chi connectivity index (χ3n) is 4.32. The normalized spacial score (nSPS) is 15.8. The number of hydrogen-bond acceptors (Lipinski definition) is 8. The van der Waals surface area contributed by atoms with Gasteiger partial charge in [-0.25, -0.2) is 4.98 Å².